The summed E-state index contributed by atoms with van der Waals surface area (Å²) in [4.78, 5) is 17.1. The number of fused-ring (bicyclic) bond motifs is 1. The molecule has 3 aromatic carbocycles. The normalized spacial score (nSPS) is 10.8. The van der Waals surface area contributed by atoms with E-state index in [9.17, 15) is 4.79 Å². The predicted octanol–water partition coefficient (Wildman–Crippen LogP) is 5.55. The maximum Gasteiger partial charge on any atom is 0.257 e. The molecule has 0 atom stereocenters. The number of benzene rings is 3. The molecule has 0 aliphatic rings. The fraction of sp³-hybridized carbons (Fsp3) is 0.125. The molecule has 0 spiro atoms. The first-order valence-electron chi connectivity index (χ1n) is 9.56. The van der Waals surface area contributed by atoms with Crippen molar-refractivity contribution < 1.29 is 9.21 Å². The number of oxazole rings is 1. The lowest BCUT2D eigenvalue weighted by molar-refractivity contribution is 0.0977. The van der Waals surface area contributed by atoms with E-state index in [0.717, 1.165) is 39.0 Å². The SMILES string of the molecule is Cc1ccc(C(=O)NC(=S)Nc2cccc(-c3nc4ccc(C)cc4o3)c2)c(C)c1. The molecule has 1 aromatic heterocycles. The first kappa shape index (κ1) is 19.8. The Balaban J connectivity index is 1.49. The van der Waals surface area contributed by atoms with Crippen molar-refractivity contribution in [2.45, 2.75) is 20.8 Å². The minimum absolute atomic E-state index is 0.227. The van der Waals surface area contributed by atoms with Crippen molar-refractivity contribution in [3.63, 3.8) is 0 Å². The first-order valence-corrected chi connectivity index (χ1v) is 9.97. The molecule has 2 N–H and O–H groups in total. The highest BCUT2D eigenvalue weighted by Crippen LogP contribution is 2.26. The van der Waals surface area contributed by atoms with E-state index in [1.807, 2.05) is 75.4 Å². The van der Waals surface area contributed by atoms with Crippen LogP contribution in [0.2, 0.25) is 0 Å². The summed E-state index contributed by atoms with van der Waals surface area (Å²) in [6.45, 7) is 5.91. The molecule has 1 heterocycles. The molecule has 0 fully saturated rings. The van der Waals surface area contributed by atoms with E-state index >= 15 is 0 Å². The minimum Gasteiger partial charge on any atom is -0.436 e. The van der Waals surface area contributed by atoms with E-state index < -0.39 is 0 Å². The number of carbonyl (C=O) groups is 1. The van der Waals surface area contributed by atoms with Crippen LogP contribution in [-0.4, -0.2) is 16.0 Å². The van der Waals surface area contributed by atoms with Crippen LogP contribution in [0.3, 0.4) is 0 Å². The molecular formula is C24H21N3O2S. The lowest BCUT2D eigenvalue weighted by atomic mass is 10.1. The number of aryl methyl sites for hydroxylation is 3. The van der Waals surface area contributed by atoms with E-state index in [1.54, 1.807) is 6.07 Å². The predicted molar refractivity (Wildman–Crippen MR) is 124 cm³/mol. The summed E-state index contributed by atoms with van der Waals surface area (Å²) in [6, 6.07) is 19.1. The average molecular weight is 416 g/mol. The van der Waals surface area contributed by atoms with Crippen molar-refractivity contribution in [1.82, 2.24) is 10.3 Å². The summed E-state index contributed by atoms with van der Waals surface area (Å²) in [7, 11) is 0. The van der Waals surface area contributed by atoms with Crippen LogP contribution in [0.4, 0.5) is 5.69 Å². The zero-order chi connectivity index (χ0) is 21.3. The number of amides is 1. The van der Waals surface area contributed by atoms with Crippen LogP contribution >= 0.6 is 12.2 Å². The third kappa shape index (κ3) is 4.23. The van der Waals surface area contributed by atoms with E-state index in [0.29, 0.717) is 11.5 Å². The lowest BCUT2D eigenvalue weighted by Crippen LogP contribution is -2.34. The highest BCUT2D eigenvalue weighted by Gasteiger charge is 2.12. The van der Waals surface area contributed by atoms with Crippen LogP contribution in [0, 0.1) is 20.8 Å². The van der Waals surface area contributed by atoms with Crippen LogP contribution in [0.1, 0.15) is 27.0 Å². The third-order valence-electron chi connectivity index (χ3n) is 4.76. The van der Waals surface area contributed by atoms with Gasteiger partial charge in [0.25, 0.3) is 5.91 Å². The molecular weight excluding hydrogens is 394 g/mol. The molecule has 30 heavy (non-hydrogen) atoms. The van der Waals surface area contributed by atoms with Gasteiger partial charge in [-0.1, -0.05) is 29.8 Å². The van der Waals surface area contributed by atoms with Gasteiger partial charge < -0.3 is 9.73 Å². The molecule has 6 heteroatoms. The van der Waals surface area contributed by atoms with Crippen LogP contribution < -0.4 is 10.6 Å². The van der Waals surface area contributed by atoms with E-state index in [-0.39, 0.29) is 11.0 Å². The van der Waals surface area contributed by atoms with Gasteiger partial charge in [-0.15, -0.1) is 0 Å². The number of anilines is 1. The van der Waals surface area contributed by atoms with Gasteiger partial charge in [-0.05, 0) is 80.5 Å². The topological polar surface area (TPSA) is 67.2 Å². The molecule has 0 saturated heterocycles. The molecule has 5 nitrogen and oxygen atoms in total. The molecule has 0 aliphatic heterocycles. The Morgan fingerprint density at radius 1 is 0.967 bits per heavy atom. The molecule has 0 unspecified atom stereocenters. The van der Waals surface area contributed by atoms with Crippen LogP contribution in [0.5, 0.6) is 0 Å². The number of nitrogens with zero attached hydrogens (tertiary/aromatic N) is 1. The lowest BCUT2D eigenvalue weighted by Gasteiger charge is -2.11. The maximum atomic E-state index is 12.5. The Labute approximate surface area is 180 Å². The molecule has 4 rings (SSSR count). The second-order valence-electron chi connectivity index (χ2n) is 7.30. The summed E-state index contributed by atoms with van der Waals surface area (Å²) >= 11 is 5.33. The highest BCUT2D eigenvalue weighted by molar-refractivity contribution is 7.80. The highest BCUT2D eigenvalue weighted by atomic mass is 32.1. The van der Waals surface area contributed by atoms with Gasteiger partial charge in [-0.3, -0.25) is 10.1 Å². The zero-order valence-electron chi connectivity index (χ0n) is 16.9. The monoisotopic (exact) mass is 415 g/mol. The van der Waals surface area contributed by atoms with Gasteiger partial charge in [0.05, 0.1) is 0 Å². The smallest absolute Gasteiger partial charge is 0.257 e. The number of nitrogens with one attached hydrogen (secondary N) is 2. The average Bonchev–Trinajstić information content (AvgIpc) is 3.11. The molecule has 0 aliphatic carbocycles. The van der Waals surface area contributed by atoms with Gasteiger partial charge in [0, 0.05) is 16.8 Å². The Morgan fingerprint density at radius 3 is 2.53 bits per heavy atom. The third-order valence-corrected chi connectivity index (χ3v) is 4.97. The van der Waals surface area contributed by atoms with Crippen molar-refractivity contribution in [2.75, 3.05) is 5.32 Å². The Bertz CT molecular complexity index is 1280. The molecule has 4 aromatic rings. The summed E-state index contributed by atoms with van der Waals surface area (Å²) in [5, 5.41) is 6.02. The van der Waals surface area contributed by atoms with Gasteiger partial charge in [0.2, 0.25) is 5.89 Å². The largest absolute Gasteiger partial charge is 0.436 e. The number of hydrogen-bond donors (Lipinski definition) is 2. The quantitative estimate of drug-likeness (QED) is 0.430. The van der Waals surface area contributed by atoms with E-state index in [1.165, 1.54) is 0 Å². The summed E-state index contributed by atoms with van der Waals surface area (Å²) in [5.41, 5.74) is 6.84. The van der Waals surface area contributed by atoms with Gasteiger partial charge in [-0.2, -0.15) is 0 Å². The summed E-state index contributed by atoms with van der Waals surface area (Å²) in [5.74, 6) is 0.292. The number of aromatic nitrogens is 1. The second kappa shape index (κ2) is 8.08. The number of rotatable bonds is 3. The summed E-state index contributed by atoms with van der Waals surface area (Å²) < 4.78 is 5.90. The number of hydrogen-bond acceptors (Lipinski definition) is 4. The Hall–Kier alpha value is -3.51. The Morgan fingerprint density at radius 2 is 1.73 bits per heavy atom. The molecule has 150 valence electrons. The number of thiocarbonyl (C=S) groups is 1. The molecule has 0 saturated carbocycles. The van der Waals surface area contributed by atoms with Crippen LogP contribution in [-0.2, 0) is 0 Å². The zero-order valence-corrected chi connectivity index (χ0v) is 17.8. The van der Waals surface area contributed by atoms with Crippen LogP contribution in [0.25, 0.3) is 22.6 Å². The number of carbonyl (C=O) groups excluding carboxylic acids is 1. The standard InChI is InChI=1S/C24H21N3O2S/c1-14-7-9-19(16(3)11-14)22(28)27-24(30)25-18-6-4-5-17(13-18)23-26-20-10-8-15(2)12-21(20)29-23/h4-13H,1-3H3,(H2,25,27,28,30). The Kier molecular flexibility index (Phi) is 5.33. The van der Waals surface area contributed by atoms with E-state index in [4.69, 9.17) is 16.6 Å². The van der Waals surface area contributed by atoms with Crippen molar-refractivity contribution in [3.05, 3.63) is 82.9 Å². The van der Waals surface area contributed by atoms with Crippen molar-refractivity contribution in [2.24, 2.45) is 0 Å². The van der Waals surface area contributed by atoms with Gasteiger partial charge in [-0.25, -0.2) is 4.98 Å². The first-order chi connectivity index (χ1) is 14.4. The fourth-order valence-corrected chi connectivity index (χ4v) is 3.50. The maximum absolute atomic E-state index is 12.5. The van der Waals surface area contributed by atoms with Crippen molar-refractivity contribution in [1.29, 1.82) is 0 Å². The minimum atomic E-state index is -0.240. The fourth-order valence-electron chi connectivity index (χ4n) is 3.29. The van der Waals surface area contributed by atoms with Crippen molar-refractivity contribution >= 4 is 40.0 Å². The van der Waals surface area contributed by atoms with Crippen LogP contribution in [0.15, 0.2) is 65.1 Å². The summed E-state index contributed by atoms with van der Waals surface area (Å²) in [6.07, 6.45) is 0. The molecule has 0 radical (unpaired) electrons. The van der Waals surface area contributed by atoms with Crippen molar-refractivity contribution in [3.8, 4) is 11.5 Å². The molecule has 1 amide bonds. The van der Waals surface area contributed by atoms with Gasteiger partial charge >= 0.3 is 0 Å². The van der Waals surface area contributed by atoms with E-state index in [2.05, 4.69) is 15.6 Å². The van der Waals surface area contributed by atoms with Gasteiger partial charge in [0.1, 0.15) is 5.52 Å². The second-order valence-corrected chi connectivity index (χ2v) is 7.71. The van der Waals surface area contributed by atoms with Gasteiger partial charge in [0.15, 0.2) is 10.7 Å². The molecule has 0 bridgehead atoms.